The molecule has 0 spiro atoms. The van der Waals surface area contributed by atoms with Gasteiger partial charge in [0, 0.05) is 31.0 Å². The molecule has 0 fully saturated rings. The third-order valence-electron chi connectivity index (χ3n) is 4.31. The number of nitrogens with zero attached hydrogens (tertiary/aromatic N) is 5. The number of aromatic nitrogens is 4. The Kier molecular flexibility index (Phi) is 8.42. The van der Waals surface area contributed by atoms with E-state index in [1.807, 2.05) is 11.6 Å². The van der Waals surface area contributed by atoms with Crippen molar-refractivity contribution in [2.75, 3.05) is 13.7 Å². The molecule has 2 aromatic rings. The van der Waals surface area contributed by atoms with E-state index in [1.54, 1.807) is 18.4 Å². The molecule has 1 unspecified atom stereocenters. The Balaban J connectivity index is 0.00000261. The molecule has 1 aliphatic heterocycles. The molecule has 0 radical (unpaired) electrons. The van der Waals surface area contributed by atoms with Crippen molar-refractivity contribution in [1.82, 2.24) is 30.4 Å². The number of aryl methyl sites for hydroxylation is 3. The van der Waals surface area contributed by atoms with Crippen molar-refractivity contribution in [3.05, 3.63) is 27.2 Å². The third-order valence-corrected chi connectivity index (χ3v) is 5.36. The molecule has 8 nitrogen and oxygen atoms in total. The van der Waals surface area contributed by atoms with E-state index < -0.39 is 0 Å². The standard InChI is InChI=1S/C17H27N7OS.HI/c1-5-18-17(19-8-16-20-11(2)12(3)26-16)21-13-6-7-15-22-14(10-25-4)23-24(15)9-13;/h13H,5-10H2,1-4H3,(H2,18,19,21);1H. The average molecular weight is 505 g/mol. The molecule has 2 aromatic heterocycles. The molecule has 0 bridgehead atoms. The molecule has 27 heavy (non-hydrogen) atoms. The van der Waals surface area contributed by atoms with Gasteiger partial charge < -0.3 is 15.4 Å². The molecule has 0 saturated carbocycles. The zero-order valence-electron chi connectivity index (χ0n) is 16.3. The monoisotopic (exact) mass is 505 g/mol. The number of guanidine groups is 1. The van der Waals surface area contributed by atoms with E-state index in [1.165, 1.54) is 4.88 Å². The number of methoxy groups -OCH3 is 1. The van der Waals surface area contributed by atoms with Crippen molar-refractivity contribution in [2.45, 2.75) is 59.4 Å². The third kappa shape index (κ3) is 5.85. The summed E-state index contributed by atoms with van der Waals surface area (Å²) in [7, 11) is 1.66. The lowest BCUT2D eigenvalue weighted by Gasteiger charge is -2.25. The summed E-state index contributed by atoms with van der Waals surface area (Å²) in [4.78, 5) is 15.0. The summed E-state index contributed by atoms with van der Waals surface area (Å²) in [5.41, 5.74) is 1.09. The van der Waals surface area contributed by atoms with E-state index in [-0.39, 0.29) is 30.0 Å². The van der Waals surface area contributed by atoms with Gasteiger partial charge in [0.05, 0.1) is 18.8 Å². The number of hydrogen-bond donors (Lipinski definition) is 2. The summed E-state index contributed by atoms with van der Waals surface area (Å²) >= 11 is 1.71. The molecular weight excluding hydrogens is 477 g/mol. The molecular formula is C17H28IN7OS. The first-order valence-electron chi connectivity index (χ1n) is 8.98. The van der Waals surface area contributed by atoms with Gasteiger partial charge in [-0.2, -0.15) is 5.10 Å². The zero-order chi connectivity index (χ0) is 18.5. The van der Waals surface area contributed by atoms with Crippen LogP contribution in [0, 0.1) is 13.8 Å². The summed E-state index contributed by atoms with van der Waals surface area (Å²) < 4.78 is 7.10. The van der Waals surface area contributed by atoms with Crippen LogP contribution in [0.4, 0.5) is 0 Å². The van der Waals surface area contributed by atoms with Crippen molar-refractivity contribution >= 4 is 41.3 Å². The second kappa shape index (κ2) is 10.3. The van der Waals surface area contributed by atoms with Crippen LogP contribution in [-0.2, 0) is 30.9 Å². The summed E-state index contributed by atoms with van der Waals surface area (Å²) in [6, 6.07) is 0.275. The van der Waals surface area contributed by atoms with Gasteiger partial charge in [-0.25, -0.2) is 19.6 Å². The lowest BCUT2D eigenvalue weighted by Crippen LogP contribution is -2.47. The Hall–Kier alpha value is -1.27. The number of ether oxygens (including phenoxy) is 1. The number of nitrogens with one attached hydrogen (secondary N) is 2. The summed E-state index contributed by atoms with van der Waals surface area (Å²) in [5.74, 6) is 2.60. The Labute approximate surface area is 181 Å². The minimum atomic E-state index is 0. The number of thiazole rings is 1. The van der Waals surface area contributed by atoms with Gasteiger partial charge in [0.2, 0.25) is 0 Å². The molecule has 1 atom stereocenters. The number of aliphatic imine (C=N–C) groups is 1. The first-order valence-corrected chi connectivity index (χ1v) is 9.80. The maximum Gasteiger partial charge on any atom is 0.191 e. The fraction of sp³-hybridized carbons (Fsp3) is 0.647. The molecule has 0 saturated heterocycles. The first kappa shape index (κ1) is 22.0. The van der Waals surface area contributed by atoms with Gasteiger partial charge in [-0.1, -0.05) is 0 Å². The molecule has 1 aliphatic rings. The Morgan fingerprint density at radius 3 is 2.85 bits per heavy atom. The lowest BCUT2D eigenvalue weighted by atomic mass is 10.1. The van der Waals surface area contributed by atoms with Crippen LogP contribution in [0.3, 0.4) is 0 Å². The molecule has 0 aliphatic carbocycles. The van der Waals surface area contributed by atoms with Crippen LogP contribution in [0.5, 0.6) is 0 Å². The van der Waals surface area contributed by atoms with Crippen molar-refractivity contribution in [1.29, 1.82) is 0 Å². The van der Waals surface area contributed by atoms with Gasteiger partial charge in [-0.15, -0.1) is 35.3 Å². The lowest BCUT2D eigenvalue weighted by molar-refractivity contribution is 0.177. The highest BCUT2D eigenvalue weighted by Gasteiger charge is 2.22. The largest absolute Gasteiger partial charge is 0.377 e. The van der Waals surface area contributed by atoms with Crippen LogP contribution >= 0.6 is 35.3 Å². The second-order valence-corrected chi connectivity index (χ2v) is 7.67. The summed E-state index contributed by atoms with van der Waals surface area (Å²) in [5, 5.41) is 12.4. The second-order valence-electron chi connectivity index (χ2n) is 6.38. The SMILES string of the molecule is CCNC(=NCc1nc(C)c(C)s1)NC1CCc2nc(COC)nn2C1.I. The van der Waals surface area contributed by atoms with Gasteiger partial charge in [-0.3, -0.25) is 0 Å². The average Bonchev–Trinajstić information content (AvgIpc) is 3.15. The van der Waals surface area contributed by atoms with Gasteiger partial charge in [0.15, 0.2) is 11.8 Å². The van der Waals surface area contributed by atoms with Crippen LogP contribution < -0.4 is 10.6 Å². The normalized spacial score (nSPS) is 16.6. The van der Waals surface area contributed by atoms with E-state index >= 15 is 0 Å². The maximum absolute atomic E-state index is 5.13. The highest BCUT2D eigenvalue weighted by molar-refractivity contribution is 14.0. The van der Waals surface area contributed by atoms with Gasteiger partial charge in [0.25, 0.3) is 0 Å². The Morgan fingerprint density at radius 1 is 1.37 bits per heavy atom. The topological polar surface area (TPSA) is 89.2 Å². The zero-order valence-corrected chi connectivity index (χ0v) is 19.4. The van der Waals surface area contributed by atoms with E-state index in [2.05, 4.69) is 39.5 Å². The van der Waals surface area contributed by atoms with Crippen molar-refractivity contribution in [3.8, 4) is 0 Å². The van der Waals surface area contributed by atoms with Crippen LogP contribution in [0.25, 0.3) is 0 Å². The van der Waals surface area contributed by atoms with Gasteiger partial charge in [-0.05, 0) is 27.2 Å². The van der Waals surface area contributed by atoms with E-state index in [4.69, 9.17) is 9.73 Å². The Bertz CT molecular complexity index is 754. The van der Waals surface area contributed by atoms with Gasteiger partial charge >= 0.3 is 0 Å². The van der Waals surface area contributed by atoms with E-state index in [0.717, 1.165) is 54.2 Å². The highest BCUT2D eigenvalue weighted by atomic mass is 127. The van der Waals surface area contributed by atoms with Crippen LogP contribution in [0.15, 0.2) is 4.99 Å². The van der Waals surface area contributed by atoms with E-state index in [0.29, 0.717) is 13.2 Å². The number of hydrogen-bond acceptors (Lipinski definition) is 6. The molecule has 10 heteroatoms. The predicted molar refractivity (Wildman–Crippen MR) is 118 cm³/mol. The van der Waals surface area contributed by atoms with E-state index in [9.17, 15) is 0 Å². The number of rotatable bonds is 6. The number of halogens is 1. The van der Waals surface area contributed by atoms with Crippen LogP contribution in [0.2, 0.25) is 0 Å². The van der Waals surface area contributed by atoms with Crippen molar-refractivity contribution in [2.24, 2.45) is 4.99 Å². The van der Waals surface area contributed by atoms with Crippen molar-refractivity contribution < 1.29 is 4.74 Å². The van der Waals surface area contributed by atoms with Crippen molar-refractivity contribution in [3.63, 3.8) is 0 Å². The summed E-state index contributed by atoms with van der Waals surface area (Å²) in [6.45, 7) is 8.86. The fourth-order valence-corrected chi connectivity index (χ4v) is 3.79. The predicted octanol–water partition coefficient (Wildman–Crippen LogP) is 2.19. The summed E-state index contributed by atoms with van der Waals surface area (Å²) in [6.07, 6.45) is 1.91. The molecule has 150 valence electrons. The smallest absolute Gasteiger partial charge is 0.191 e. The molecule has 3 heterocycles. The maximum atomic E-state index is 5.13. The van der Waals surface area contributed by atoms with Gasteiger partial charge in [0.1, 0.15) is 17.4 Å². The van der Waals surface area contributed by atoms with Crippen LogP contribution in [-0.4, -0.2) is 45.4 Å². The highest BCUT2D eigenvalue weighted by Crippen LogP contribution is 2.17. The fourth-order valence-electron chi connectivity index (χ4n) is 2.94. The van der Waals surface area contributed by atoms with Crippen LogP contribution in [0.1, 0.15) is 40.6 Å². The molecule has 2 N–H and O–H groups in total. The molecule has 0 aromatic carbocycles. The minimum absolute atomic E-state index is 0. The Morgan fingerprint density at radius 2 is 2.19 bits per heavy atom. The molecule has 0 amide bonds. The molecule has 3 rings (SSSR count). The number of fused-ring (bicyclic) bond motifs is 1. The minimum Gasteiger partial charge on any atom is -0.377 e. The first-order chi connectivity index (χ1) is 12.6. The quantitative estimate of drug-likeness (QED) is 0.356.